The number of carbonyl (C=O) groups is 2. The Balaban J connectivity index is 1.39. The highest BCUT2D eigenvalue weighted by atomic mass is 35.5. The molecular weight excluding hydrogens is 471 g/mol. The molecule has 5 rings (SSSR count). The van der Waals surface area contributed by atoms with Gasteiger partial charge >= 0.3 is 0 Å². The second-order valence-corrected chi connectivity index (χ2v) is 9.58. The summed E-state index contributed by atoms with van der Waals surface area (Å²) in [5.74, 6) is -1.11. The van der Waals surface area contributed by atoms with Crippen molar-refractivity contribution in [1.29, 1.82) is 0 Å². The molecule has 182 valence electrons. The maximum Gasteiger partial charge on any atom is 0.244 e. The van der Waals surface area contributed by atoms with E-state index < -0.39 is 16.9 Å². The molecule has 7 nitrogen and oxygen atoms in total. The number of hydrogen-bond donors (Lipinski definition) is 2. The minimum absolute atomic E-state index is 0.0866. The van der Waals surface area contributed by atoms with Gasteiger partial charge in [-0.25, -0.2) is 4.39 Å². The third-order valence-electron chi connectivity index (χ3n) is 7.15. The number of amides is 2. The maximum atomic E-state index is 14.2. The van der Waals surface area contributed by atoms with Gasteiger partial charge in [-0.05, 0) is 42.7 Å². The highest BCUT2D eigenvalue weighted by molar-refractivity contribution is 6.32. The number of carbonyl (C=O) groups excluding carboxylic acids is 2. The molecule has 2 aliphatic carbocycles. The number of pyridine rings is 1. The molecule has 9 heteroatoms. The molecule has 3 N–H and O–H groups in total. The lowest BCUT2D eigenvalue weighted by molar-refractivity contribution is -0.129. The van der Waals surface area contributed by atoms with E-state index >= 15 is 0 Å². The van der Waals surface area contributed by atoms with Crippen LogP contribution in [0.25, 0.3) is 11.3 Å². The fourth-order valence-electron chi connectivity index (χ4n) is 4.89. The van der Waals surface area contributed by atoms with E-state index in [1.807, 2.05) is 0 Å². The fraction of sp³-hybridized carbons (Fsp3) is 0.346. The average Bonchev–Trinajstić information content (AvgIpc) is 3.69. The highest BCUT2D eigenvalue weighted by Gasteiger charge is 2.55. The van der Waals surface area contributed by atoms with Crippen molar-refractivity contribution < 1.29 is 18.7 Å². The largest absolute Gasteiger partial charge is 0.379 e. The Hall–Kier alpha value is -3.07. The summed E-state index contributed by atoms with van der Waals surface area (Å²) >= 11 is 6.46. The van der Waals surface area contributed by atoms with E-state index in [1.54, 1.807) is 42.5 Å². The smallest absolute Gasteiger partial charge is 0.244 e. The lowest BCUT2D eigenvalue weighted by atomic mass is 9.74. The van der Waals surface area contributed by atoms with Crippen LogP contribution in [0.2, 0.25) is 0 Å². The zero-order chi connectivity index (χ0) is 24.6. The summed E-state index contributed by atoms with van der Waals surface area (Å²) < 4.78 is 19.6. The Bertz CT molecular complexity index is 1220. The molecule has 0 bridgehead atoms. The summed E-state index contributed by atoms with van der Waals surface area (Å²) in [6.45, 7) is 2.60. The van der Waals surface area contributed by atoms with Crippen molar-refractivity contribution in [1.82, 2.24) is 15.2 Å². The third kappa shape index (κ3) is 4.26. The Morgan fingerprint density at radius 2 is 1.89 bits per heavy atom. The van der Waals surface area contributed by atoms with Gasteiger partial charge in [-0.2, -0.15) is 0 Å². The predicted molar refractivity (Wildman–Crippen MR) is 130 cm³/mol. The molecule has 1 atom stereocenters. The molecule has 2 fully saturated rings. The van der Waals surface area contributed by atoms with Gasteiger partial charge in [0.1, 0.15) is 11.4 Å². The van der Waals surface area contributed by atoms with E-state index in [9.17, 15) is 14.0 Å². The van der Waals surface area contributed by atoms with Crippen molar-refractivity contribution in [2.24, 2.45) is 5.73 Å². The van der Waals surface area contributed by atoms with Gasteiger partial charge in [0.15, 0.2) is 0 Å². The quantitative estimate of drug-likeness (QED) is 0.640. The van der Waals surface area contributed by atoms with Gasteiger partial charge in [0.05, 0.1) is 29.4 Å². The van der Waals surface area contributed by atoms with Crippen LogP contribution in [0, 0.1) is 5.82 Å². The molecule has 1 saturated carbocycles. The number of ether oxygens (including phenoxy) is 1. The van der Waals surface area contributed by atoms with E-state index in [0.717, 1.165) is 12.8 Å². The molecule has 1 aliphatic heterocycles. The lowest BCUT2D eigenvalue weighted by Gasteiger charge is -2.36. The van der Waals surface area contributed by atoms with Crippen molar-refractivity contribution in [2.45, 2.75) is 30.2 Å². The highest BCUT2D eigenvalue weighted by Crippen LogP contribution is 2.44. The van der Waals surface area contributed by atoms with E-state index in [1.165, 1.54) is 12.3 Å². The van der Waals surface area contributed by atoms with Gasteiger partial charge in [0.2, 0.25) is 11.8 Å². The van der Waals surface area contributed by atoms with Gasteiger partial charge < -0.3 is 15.8 Å². The molecule has 0 spiro atoms. The van der Waals surface area contributed by atoms with Crippen LogP contribution in [0.4, 0.5) is 4.39 Å². The molecule has 2 aromatic rings. The standard InChI is InChI=1S/C26H26ClFN4O3/c27-19-7-8-25(23(29)33,17-5-6-21(30-16-17)18-3-1-2-4-20(18)28)15-22(19)31-24(34)26(9-10-26)32-11-13-35-14-12-32/h1-8,16H,9-15H2,(H2,29,33)(H,31,34). The molecule has 1 unspecified atom stereocenters. The summed E-state index contributed by atoms with van der Waals surface area (Å²) in [6, 6.07) is 9.71. The number of morpholine rings is 1. The van der Waals surface area contributed by atoms with Crippen LogP contribution in [-0.4, -0.2) is 53.5 Å². The zero-order valence-corrected chi connectivity index (χ0v) is 19.9. The second-order valence-electron chi connectivity index (χ2n) is 9.17. The van der Waals surface area contributed by atoms with Gasteiger partial charge in [-0.3, -0.25) is 19.5 Å². The van der Waals surface area contributed by atoms with Crippen molar-refractivity contribution in [3.63, 3.8) is 0 Å². The second kappa shape index (κ2) is 9.18. The topological polar surface area (TPSA) is 97.6 Å². The number of benzene rings is 1. The predicted octanol–water partition coefficient (Wildman–Crippen LogP) is 3.00. The van der Waals surface area contributed by atoms with Crippen LogP contribution in [0.5, 0.6) is 0 Å². The van der Waals surface area contributed by atoms with E-state index in [-0.39, 0.29) is 18.1 Å². The zero-order valence-electron chi connectivity index (χ0n) is 19.1. The number of nitrogens with one attached hydrogen (secondary N) is 1. The molecule has 35 heavy (non-hydrogen) atoms. The minimum Gasteiger partial charge on any atom is -0.379 e. The van der Waals surface area contributed by atoms with Crippen LogP contribution in [-0.2, 0) is 19.7 Å². The molecule has 2 heterocycles. The van der Waals surface area contributed by atoms with Crippen molar-refractivity contribution in [2.75, 3.05) is 26.3 Å². The van der Waals surface area contributed by atoms with E-state index in [2.05, 4.69) is 15.2 Å². The first-order valence-corrected chi connectivity index (χ1v) is 12.0. The number of primary amides is 1. The summed E-state index contributed by atoms with van der Waals surface area (Å²) in [5, 5.41) is 3.34. The van der Waals surface area contributed by atoms with Gasteiger partial charge in [0.25, 0.3) is 0 Å². The van der Waals surface area contributed by atoms with Crippen LogP contribution >= 0.6 is 11.6 Å². The number of rotatable bonds is 6. The fourth-order valence-corrected chi connectivity index (χ4v) is 5.07. The van der Waals surface area contributed by atoms with Crippen molar-refractivity contribution in [3.8, 4) is 11.3 Å². The summed E-state index contributed by atoms with van der Waals surface area (Å²) in [7, 11) is 0. The van der Waals surface area contributed by atoms with Gasteiger partial charge in [0, 0.05) is 37.0 Å². The van der Waals surface area contributed by atoms with Crippen LogP contribution < -0.4 is 11.1 Å². The van der Waals surface area contributed by atoms with Crippen LogP contribution in [0.1, 0.15) is 24.8 Å². The Morgan fingerprint density at radius 1 is 1.14 bits per heavy atom. The normalized spacial score (nSPS) is 23.7. The van der Waals surface area contributed by atoms with Gasteiger partial charge in [-0.15, -0.1) is 0 Å². The summed E-state index contributed by atoms with van der Waals surface area (Å²) in [5.41, 5.74) is 5.84. The molecule has 1 saturated heterocycles. The molecule has 3 aliphatic rings. The number of halogens is 2. The number of nitrogens with zero attached hydrogens (tertiary/aromatic N) is 2. The van der Waals surface area contributed by atoms with Crippen LogP contribution in [0.3, 0.4) is 0 Å². The summed E-state index contributed by atoms with van der Waals surface area (Å²) in [6.07, 6.45) is 6.37. The first kappa shape index (κ1) is 23.7. The minimum atomic E-state index is -1.25. The SMILES string of the molecule is NC(=O)C1(c2ccc(-c3ccccc3F)nc2)C=CC(Cl)=C(NC(=O)C2(N3CCOCC3)CC2)C1. The monoisotopic (exact) mass is 496 g/mol. The first-order valence-electron chi connectivity index (χ1n) is 11.6. The molecular formula is C26H26ClFN4O3. The van der Waals surface area contributed by atoms with Crippen molar-refractivity contribution in [3.05, 3.63) is 76.9 Å². The number of nitrogens with two attached hydrogens (primary N) is 1. The lowest BCUT2D eigenvalue weighted by Crippen LogP contribution is -2.53. The first-order chi connectivity index (χ1) is 16.9. The number of hydrogen-bond acceptors (Lipinski definition) is 5. The maximum absolute atomic E-state index is 14.2. The average molecular weight is 497 g/mol. The van der Waals surface area contributed by atoms with Crippen LogP contribution in [0.15, 0.2) is 65.5 Å². The Labute approximate surface area is 207 Å². The van der Waals surface area contributed by atoms with E-state index in [4.69, 9.17) is 22.1 Å². The van der Waals surface area contributed by atoms with E-state index in [0.29, 0.717) is 53.9 Å². The van der Waals surface area contributed by atoms with Crippen molar-refractivity contribution >= 4 is 23.4 Å². The molecule has 1 aromatic heterocycles. The Morgan fingerprint density at radius 3 is 2.51 bits per heavy atom. The summed E-state index contributed by atoms with van der Waals surface area (Å²) in [4.78, 5) is 32.6. The molecule has 2 amide bonds. The number of aromatic nitrogens is 1. The number of allylic oxidation sites excluding steroid dienone is 3. The van der Waals surface area contributed by atoms with Gasteiger partial charge in [-0.1, -0.05) is 35.9 Å². The Kier molecular flexibility index (Phi) is 6.21. The third-order valence-corrected chi connectivity index (χ3v) is 7.51. The molecule has 0 radical (unpaired) electrons. The molecule has 1 aromatic carbocycles.